The molecule has 28 heavy (non-hydrogen) atoms. The van der Waals surface area contributed by atoms with Crippen LogP contribution in [-0.2, 0) is 25.6 Å². The van der Waals surface area contributed by atoms with Crippen molar-refractivity contribution in [3.63, 3.8) is 0 Å². The fourth-order valence-corrected chi connectivity index (χ4v) is 2.20. The number of carbonyl (C=O) groups is 4. The summed E-state index contributed by atoms with van der Waals surface area (Å²) in [5.74, 6) is -4.79. The molecule has 0 saturated heterocycles. The van der Waals surface area contributed by atoms with Crippen LogP contribution in [0.2, 0.25) is 0 Å². The molecule has 1 aromatic heterocycles. The summed E-state index contributed by atoms with van der Waals surface area (Å²) in [5.41, 5.74) is 12.6. The van der Waals surface area contributed by atoms with Crippen molar-refractivity contribution in [2.24, 2.45) is 11.7 Å². The van der Waals surface area contributed by atoms with E-state index in [1.54, 1.807) is 13.8 Å². The minimum atomic E-state index is -1.40. The number of hydrogen-bond donors (Lipinski definition) is 7. The summed E-state index contributed by atoms with van der Waals surface area (Å²) in [6, 6.07) is -3.54. The van der Waals surface area contributed by atoms with Gasteiger partial charge in [-0.2, -0.15) is 0 Å². The average molecular weight is 400 g/mol. The molecule has 1 heterocycles. The number of carbonyl (C=O) groups excluding carboxylic acids is 1. The van der Waals surface area contributed by atoms with Crippen LogP contribution >= 0.6 is 0 Å². The Bertz CT molecular complexity index is 719. The smallest absolute Gasteiger partial charge is 0.327 e. The number of nitrogens with zero attached hydrogens (tertiary/aromatic N) is 2. The molecule has 8 N–H and O–H groups in total. The minimum Gasteiger partial charge on any atom is -0.480 e. The zero-order chi connectivity index (χ0) is 21.4. The summed E-state index contributed by atoms with van der Waals surface area (Å²) < 4.78 is 1.31. The Morgan fingerprint density at radius 3 is 2.11 bits per heavy atom. The van der Waals surface area contributed by atoms with Crippen LogP contribution in [0.1, 0.15) is 26.0 Å². The van der Waals surface area contributed by atoms with E-state index in [4.69, 9.17) is 10.8 Å². The molecule has 13 nitrogen and oxygen atoms in total. The third kappa shape index (κ3) is 7.20. The zero-order valence-electron chi connectivity index (χ0n) is 15.3. The maximum atomic E-state index is 11.4. The Labute approximate surface area is 159 Å². The fraction of sp³-hybridized carbons (Fsp3) is 0.533. The Hall–Kier alpha value is -3.19. The second-order valence-corrected chi connectivity index (χ2v) is 6.41. The number of aromatic nitrogens is 2. The molecule has 1 amide bonds. The number of hydrogen-bond acceptors (Lipinski definition) is 8. The maximum Gasteiger partial charge on any atom is 0.327 e. The summed E-state index contributed by atoms with van der Waals surface area (Å²) >= 11 is 0. The molecule has 0 unspecified atom stereocenters. The second-order valence-electron chi connectivity index (χ2n) is 6.41. The average Bonchev–Trinajstić information content (AvgIpc) is 3.01. The van der Waals surface area contributed by atoms with Crippen molar-refractivity contribution >= 4 is 23.8 Å². The van der Waals surface area contributed by atoms with E-state index in [-0.39, 0.29) is 12.3 Å². The summed E-state index contributed by atoms with van der Waals surface area (Å²) in [7, 11) is 0. The van der Waals surface area contributed by atoms with Gasteiger partial charge in [-0.25, -0.2) is 20.6 Å². The van der Waals surface area contributed by atoms with Gasteiger partial charge in [-0.15, -0.1) is 0 Å². The molecule has 0 fully saturated rings. The van der Waals surface area contributed by atoms with Gasteiger partial charge in [0.05, 0.1) is 12.1 Å². The number of nitrogens with two attached hydrogens (primary N) is 1. The SMILES string of the molecule is CC(C)[C@H](Nn1cnc(C[C@H](NN[C@@H](CC(N)=O)C(=O)O)C(=O)O)c1)C(=O)O. The van der Waals surface area contributed by atoms with Gasteiger partial charge in [0, 0.05) is 12.6 Å². The molecular formula is C15H24N6O7. The highest BCUT2D eigenvalue weighted by molar-refractivity contribution is 5.83. The number of nitrogens with one attached hydrogen (secondary N) is 3. The second kappa shape index (κ2) is 10.2. The first kappa shape index (κ1) is 22.9. The Kier molecular flexibility index (Phi) is 8.34. The van der Waals surface area contributed by atoms with E-state index < -0.39 is 48.4 Å². The molecule has 1 rings (SSSR count). The third-order valence-corrected chi connectivity index (χ3v) is 3.70. The first-order valence-electron chi connectivity index (χ1n) is 8.28. The number of carboxylic acid groups (broad SMARTS) is 3. The van der Waals surface area contributed by atoms with Crippen molar-refractivity contribution in [3.8, 4) is 0 Å². The number of aliphatic carboxylic acids is 3. The van der Waals surface area contributed by atoms with Crippen molar-refractivity contribution in [1.82, 2.24) is 20.5 Å². The Morgan fingerprint density at radius 2 is 1.64 bits per heavy atom. The first-order chi connectivity index (χ1) is 13.0. The van der Waals surface area contributed by atoms with Gasteiger partial charge in [-0.05, 0) is 5.92 Å². The molecule has 156 valence electrons. The lowest BCUT2D eigenvalue weighted by Gasteiger charge is -2.19. The molecule has 0 aliphatic rings. The summed E-state index contributed by atoms with van der Waals surface area (Å²) in [6.45, 7) is 3.45. The largest absolute Gasteiger partial charge is 0.480 e. The highest BCUT2D eigenvalue weighted by Gasteiger charge is 2.25. The van der Waals surface area contributed by atoms with Gasteiger partial charge >= 0.3 is 17.9 Å². The number of primary amides is 1. The monoisotopic (exact) mass is 400 g/mol. The van der Waals surface area contributed by atoms with Gasteiger partial charge in [0.15, 0.2) is 0 Å². The minimum absolute atomic E-state index is 0.140. The summed E-state index contributed by atoms with van der Waals surface area (Å²) in [5, 5.41) is 27.5. The van der Waals surface area contributed by atoms with Gasteiger partial charge in [-0.1, -0.05) is 13.8 Å². The van der Waals surface area contributed by atoms with Crippen LogP contribution in [0.15, 0.2) is 12.5 Å². The van der Waals surface area contributed by atoms with E-state index in [0.29, 0.717) is 5.69 Å². The molecule has 0 saturated carbocycles. The molecule has 0 spiro atoms. The van der Waals surface area contributed by atoms with Crippen molar-refractivity contribution in [3.05, 3.63) is 18.2 Å². The molecule has 13 heteroatoms. The van der Waals surface area contributed by atoms with Crippen molar-refractivity contribution in [2.45, 2.75) is 44.8 Å². The molecule has 0 aliphatic carbocycles. The van der Waals surface area contributed by atoms with Crippen LogP contribution in [0.4, 0.5) is 0 Å². The van der Waals surface area contributed by atoms with Crippen LogP contribution in [0.25, 0.3) is 0 Å². The van der Waals surface area contributed by atoms with E-state index >= 15 is 0 Å². The Morgan fingerprint density at radius 1 is 1.07 bits per heavy atom. The van der Waals surface area contributed by atoms with E-state index in [9.17, 15) is 29.4 Å². The molecule has 0 aromatic carbocycles. The van der Waals surface area contributed by atoms with Gasteiger partial charge < -0.3 is 26.5 Å². The fourth-order valence-electron chi connectivity index (χ4n) is 2.20. The lowest BCUT2D eigenvalue weighted by Crippen LogP contribution is -2.54. The molecule has 3 atom stereocenters. The van der Waals surface area contributed by atoms with Crippen LogP contribution in [0.5, 0.6) is 0 Å². The third-order valence-electron chi connectivity index (χ3n) is 3.70. The lowest BCUT2D eigenvalue weighted by atomic mass is 10.1. The lowest BCUT2D eigenvalue weighted by molar-refractivity contribution is -0.143. The van der Waals surface area contributed by atoms with E-state index in [1.807, 2.05) is 0 Å². The highest BCUT2D eigenvalue weighted by atomic mass is 16.4. The van der Waals surface area contributed by atoms with Crippen LogP contribution in [-0.4, -0.2) is 66.9 Å². The summed E-state index contributed by atoms with van der Waals surface area (Å²) in [6.07, 6.45) is 2.06. The molecule has 0 aliphatic heterocycles. The molecule has 0 bridgehead atoms. The molecule has 0 radical (unpaired) electrons. The van der Waals surface area contributed by atoms with Crippen LogP contribution < -0.4 is 22.0 Å². The quantitative estimate of drug-likeness (QED) is 0.179. The molecular weight excluding hydrogens is 376 g/mol. The normalized spacial score (nSPS) is 14.2. The summed E-state index contributed by atoms with van der Waals surface area (Å²) in [4.78, 5) is 48.6. The van der Waals surface area contributed by atoms with Gasteiger partial charge in [0.2, 0.25) is 5.91 Å². The highest BCUT2D eigenvalue weighted by Crippen LogP contribution is 2.06. The van der Waals surface area contributed by atoms with Gasteiger partial charge in [-0.3, -0.25) is 19.1 Å². The van der Waals surface area contributed by atoms with Crippen molar-refractivity contribution in [2.75, 3.05) is 5.43 Å². The number of amides is 1. The Balaban J connectivity index is 2.76. The zero-order valence-corrected chi connectivity index (χ0v) is 15.3. The van der Waals surface area contributed by atoms with Crippen molar-refractivity contribution < 1.29 is 34.5 Å². The maximum absolute atomic E-state index is 11.4. The van der Waals surface area contributed by atoms with Gasteiger partial charge in [0.1, 0.15) is 24.5 Å². The predicted octanol–water partition coefficient (Wildman–Crippen LogP) is -2.05. The number of rotatable bonds is 13. The van der Waals surface area contributed by atoms with Crippen LogP contribution in [0, 0.1) is 5.92 Å². The molecule has 1 aromatic rings. The van der Waals surface area contributed by atoms with Crippen molar-refractivity contribution in [1.29, 1.82) is 0 Å². The predicted molar refractivity (Wildman–Crippen MR) is 94.5 cm³/mol. The standard InChI is InChI=1S/C15H24N6O7/c1-7(2)12(15(27)28)20-21-5-8(17-6-21)3-9(13(23)24)18-19-10(14(25)26)4-11(16)22/h5-7,9-10,12,18-20H,3-4H2,1-2H3,(H2,16,22)(H,23,24)(H,25,26)(H,27,28)/t9-,10-,12-/m0/s1. The van der Waals surface area contributed by atoms with E-state index in [1.165, 1.54) is 17.2 Å². The van der Waals surface area contributed by atoms with E-state index in [0.717, 1.165) is 0 Å². The van der Waals surface area contributed by atoms with Gasteiger partial charge in [0.25, 0.3) is 0 Å². The first-order valence-corrected chi connectivity index (χ1v) is 8.28. The number of imidazole rings is 1. The number of carboxylic acids is 3. The topological polar surface area (TPSA) is 209 Å². The van der Waals surface area contributed by atoms with Crippen LogP contribution in [0.3, 0.4) is 0 Å². The van der Waals surface area contributed by atoms with E-state index in [2.05, 4.69) is 21.3 Å². The number of hydrazine groups is 1.